The second-order valence-electron chi connectivity index (χ2n) is 4.73. The van der Waals surface area contributed by atoms with E-state index in [2.05, 4.69) is 10.2 Å². The van der Waals surface area contributed by atoms with Crippen molar-refractivity contribution in [3.8, 4) is 11.4 Å². The first kappa shape index (κ1) is 13.3. The molecule has 0 saturated heterocycles. The lowest BCUT2D eigenvalue weighted by Crippen LogP contribution is -1.98. The number of hydrogen-bond acceptors (Lipinski definition) is 4. The highest BCUT2D eigenvalue weighted by Crippen LogP contribution is 2.54. The molecule has 0 bridgehead atoms. The Labute approximate surface area is 125 Å². The Morgan fingerprint density at radius 1 is 1.53 bits per heavy atom. The van der Waals surface area contributed by atoms with Gasteiger partial charge in [-0.2, -0.15) is 0 Å². The molecule has 1 aliphatic rings. The SMILES string of the molecule is Cc1occc1-c1nnc(SC[C@H]2CC2(Cl)Cl)n1C. The van der Waals surface area contributed by atoms with Crippen molar-refractivity contribution in [2.75, 3.05) is 5.75 Å². The highest BCUT2D eigenvalue weighted by Gasteiger charge is 2.51. The number of furan rings is 1. The standard InChI is InChI=1S/C12H13Cl2N3OS/c1-7-9(3-4-18-7)10-15-16-11(17(10)2)19-6-8-5-12(8,13)14/h3-4,8H,5-6H2,1-2H3/t8-/m1/s1. The molecule has 0 radical (unpaired) electrons. The third kappa shape index (κ3) is 2.51. The Morgan fingerprint density at radius 2 is 2.26 bits per heavy atom. The molecule has 7 heteroatoms. The Kier molecular flexibility index (Phi) is 3.31. The van der Waals surface area contributed by atoms with Crippen LogP contribution in [0.5, 0.6) is 0 Å². The lowest BCUT2D eigenvalue weighted by Gasteiger charge is -2.03. The number of aromatic nitrogens is 3. The van der Waals surface area contributed by atoms with Crippen LogP contribution in [0.15, 0.2) is 21.9 Å². The van der Waals surface area contributed by atoms with Crippen LogP contribution in [-0.2, 0) is 7.05 Å². The van der Waals surface area contributed by atoms with E-state index in [1.165, 1.54) is 0 Å². The molecule has 3 rings (SSSR count). The Hall–Kier alpha value is -0.650. The number of aryl methyl sites for hydroxylation is 1. The summed E-state index contributed by atoms with van der Waals surface area (Å²) in [5.74, 6) is 2.86. The van der Waals surface area contributed by atoms with Gasteiger partial charge in [0.25, 0.3) is 0 Å². The van der Waals surface area contributed by atoms with E-state index in [-0.39, 0.29) is 0 Å². The summed E-state index contributed by atoms with van der Waals surface area (Å²) in [6, 6.07) is 1.90. The minimum Gasteiger partial charge on any atom is -0.469 e. The van der Waals surface area contributed by atoms with Gasteiger partial charge >= 0.3 is 0 Å². The van der Waals surface area contributed by atoms with Gasteiger partial charge in [-0.05, 0) is 19.4 Å². The molecule has 1 atom stereocenters. The van der Waals surface area contributed by atoms with E-state index in [0.717, 1.165) is 34.5 Å². The van der Waals surface area contributed by atoms with Crippen LogP contribution < -0.4 is 0 Å². The largest absolute Gasteiger partial charge is 0.469 e. The van der Waals surface area contributed by atoms with Gasteiger partial charge in [-0.15, -0.1) is 33.4 Å². The molecule has 0 unspecified atom stereocenters. The van der Waals surface area contributed by atoms with E-state index < -0.39 is 4.33 Å². The molecule has 1 aliphatic carbocycles. The molecule has 0 spiro atoms. The van der Waals surface area contributed by atoms with E-state index in [0.29, 0.717) is 5.92 Å². The van der Waals surface area contributed by atoms with Crippen molar-refractivity contribution in [1.29, 1.82) is 0 Å². The molecule has 0 aliphatic heterocycles. The molecule has 4 nitrogen and oxygen atoms in total. The van der Waals surface area contributed by atoms with E-state index >= 15 is 0 Å². The van der Waals surface area contributed by atoms with E-state index in [9.17, 15) is 0 Å². The summed E-state index contributed by atoms with van der Waals surface area (Å²) in [5.41, 5.74) is 0.970. The van der Waals surface area contributed by atoms with Crippen LogP contribution in [0.1, 0.15) is 12.2 Å². The zero-order valence-corrected chi connectivity index (χ0v) is 12.9. The second kappa shape index (κ2) is 4.72. The summed E-state index contributed by atoms with van der Waals surface area (Å²) < 4.78 is 6.73. The molecule has 1 saturated carbocycles. The first-order chi connectivity index (χ1) is 8.99. The number of nitrogens with zero attached hydrogens (tertiary/aromatic N) is 3. The summed E-state index contributed by atoms with van der Waals surface area (Å²) in [7, 11) is 1.95. The van der Waals surface area contributed by atoms with E-state index in [4.69, 9.17) is 27.6 Å². The number of alkyl halides is 2. The number of thioether (sulfide) groups is 1. The van der Waals surface area contributed by atoms with Crippen molar-refractivity contribution in [2.45, 2.75) is 22.8 Å². The minimum absolute atomic E-state index is 0.344. The Morgan fingerprint density at radius 3 is 2.84 bits per heavy atom. The molecule has 19 heavy (non-hydrogen) atoms. The first-order valence-corrected chi connectivity index (χ1v) is 7.67. The highest BCUT2D eigenvalue weighted by atomic mass is 35.5. The van der Waals surface area contributed by atoms with Crippen molar-refractivity contribution in [3.05, 3.63) is 18.1 Å². The molecule has 102 valence electrons. The topological polar surface area (TPSA) is 43.9 Å². The van der Waals surface area contributed by atoms with Gasteiger partial charge in [0.15, 0.2) is 11.0 Å². The fraction of sp³-hybridized carbons (Fsp3) is 0.500. The molecule has 2 aromatic rings. The zero-order chi connectivity index (χ0) is 13.6. The lowest BCUT2D eigenvalue weighted by molar-refractivity contribution is 0.534. The molecule has 0 amide bonds. The van der Waals surface area contributed by atoms with Crippen molar-refractivity contribution in [2.24, 2.45) is 13.0 Å². The van der Waals surface area contributed by atoms with Crippen LogP contribution in [0, 0.1) is 12.8 Å². The van der Waals surface area contributed by atoms with Gasteiger partial charge in [-0.3, -0.25) is 0 Å². The van der Waals surface area contributed by atoms with Crippen LogP contribution in [0.2, 0.25) is 0 Å². The number of halogens is 2. The summed E-state index contributed by atoms with van der Waals surface area (Å²) in [4.78, 5) is 0. The van der Waals surface area contributed by atoms with Gasteiger partial charge in [0.1, 0.15) is 10.1 Å². The van der Waals surface area contributed by atoms with Gasteiger partial charge in [0.2, 0.25) is 0 Å². The predicted octanol–water partition coefficient (Wildman–Crippen LogP) is 3.67. The maximum Gasteiger partial charge on any atom is 0.191 e. The third-order valence-corrected chi connectivity index (χ3v) is 5.41. The number of rotatable bonds is 4. The fourth-order valence-corrected chi connectivity index (χ4v) is 3.76. The maximum absolute atomic E-state index is 6.02. The van der Waals surface area contributed by atoms with E-state index in [1.54, 1.807) is 18.0 Å². The normalized spacial score (nSPS) is 20.7. The predicted molar refractivity (Wildman–Crippen MR) is 76.7 cm³/mol. The lowest BCUT2D eigenvalue weighted by atomic mass is 10.2. The van der Waals surface area contributed by atoms with Crippen LogP contribution in [0.4, 0.5) is 0 Å². The summed E-state index contributed by atoms with van der Waals surface area (Å²) in [6.07, 6.45) is 2.51. The van der Waals surface area contributed by atoms with Gasteiger partial charge in [-0.25, -0.2) is 0 Å². The summed E-state index contributed by atoms with van der Waals surface area (Å²) in [5, 5.41) is 9.30. The van der Waals surface area contributed by atoms with Gasteiger partial charge in [0, 0.05) is 18.7 Å². The van der Waals surface area contributed by atoms with Crippen LogP contribution in [-0.4, -0.2) is 24.9 Å². The first-order valence-electron chi connectivity index (χ1n) is 5.93. The monoisotopic (exact) mass is 317 g/mol. The van der Waals surface area contributed by atoms with Crippen molar-refractivity contribution in [1.82, 2.24) is 14.8 Å². The average Bonchev–Trinajstić information content (AvgIpc) is 2.69. The molecular formula is C12H13Cl2N3OS. The molecule has 2 heterocycles. The molecule has 0 aromatic carbocycles. The minimum atomic E-state index is -0.532. The smallest absolute Gasteiger partial charge is 0.191 e. The fourth-order valence-electron chi connectivity index (χ4n) is 1.92. The second-order valence-corrected chi connectivity index (χ2v) is 7.26. The molecule has 2 aromatic heterocycles. The number of hydrogen-bond donors (Lipinski definition) is 0. The van der Waals surface area contributed by atoms with Crippen molar-refractivity contribution in [3.63, 3.8) is 0 Å². The highest BCUT2D eigenvalue weighted by molar-refractivity contribution is 7.99. The average molecular weight is 318 g/mol. The van der Waals surface area contributed by atoms with Crippen molar-refractivity contribution >= 4 is 35.0 Å². The zero-order valence-electron chi connectivity index (χ0n) is 10.6. The molecular weight excluding hydrogens is 305 g/mol. The van der Waals surface area contributed by atoms with Gasteiger partial charge in [0.05, 0.1) is 11.8 Å². The maximum atomic E-state index is 6.02. The van der Waals surface area contributed by atoms with Gasteiger partial charge in [-0.1, -0.05) is 11.8 Å². The quantitative estimate of drug-likeness (QED) is 0.637. The Bertz CT molecular complexity index is 608. The Balaban J connectivity index is 1.74. The van der Waals surface area contributed by atoms with E-state index in [1.807, 2.05) is 24.6 Å². The van der Waals surface area contributed by atoms with Crippen LogP contribution in [0.3, 0.4) is 0 Å². The van der Waals surface area contributed by atoms with Crippen LogP contribution in [0.25, 0.3) is 11.4 Å². The van der Waals surface area contributed by atoms with Crippen LogP contribution >= 0.6 is 35.0 Å². The summed E-state index contributed by atoms with van der Waals surface area (Å²) >= 11 is 13.7. The molecule has 0 N–H and O–H groups in total. The van der Waals surface area contributed by atoms with Crippen molar-refractivity contribution < 1.29 is 4.42 Å². The summed E-state index contributed by atoms with van der Waals surface area (Å²) in [6.45, 7) is 1.91. The van der Waals surface area contributed by atoms with Gasteiger partial charge < -0.3 is 8.98 Å². The third-order valence-electron chi connectivity index (χ3n) is 3.30. The molecule has 1 fully saturated rings.